The van der Waals surface area contributed by atoms with Gasteiger partial charge in [0.2, 0.25) is 0 Å². The largest absolute Gasteiger partial charge is 0.381 e. The van der Waals surface area contributed by atoms with Gasteiger partial charge in [-0.25, -0.2) is 0 Å². The number of nitrogens with one attached hydrogen (secondary N) is 1. The molecule has 0 bridgehead atoms. The number of nitrogens with zero attached hydrogens (tertiary/aromatic N) is 2. The van der Waals surface area contributed by atoms with E-state index in [0.29, 0.717) is 5.69 Å². The molecule has 1 aromatic heterocycles. The average Bonchev–Trinajstić information content (AvgIpc) is 2.77. The molecule has 18 heavy (non-hydrogen) atoms. The molecule has 3 heteroatoms. The van der Waals surface area contributed by atoms with Crippen LogP contribution in [0.2, 0.25) is 0 Å². The number of rotatable bonds is 4. The van der Waals surface area contributed by atoms with E-state index in [0.717, 1.165) is 24.2 Å². The molecule has 0 saturated carbocycles. The number of benzene rings is 1. The predicted octanol–water partition coefficient (Wildman–Crippen LogP) is 3.07. The summed E-state index contributed by atoms with van der Waals surface area (Å²) >= 11 is 0. The predicted molar refractivity (Wildman–Crippen MR) is 73.3 cm³/mol. The highest BCUT2D eigenvalue weighted by molar-refractivity contribution is 5.46. The van der Waals surface area contributed by atoms with E-state index in [1.165, 1.54) is 5.56 Å². The van der Waals surface area contributed by atoms with Crippen molar-refractivity contribution < 1.29 is 0 Å². The van der Waals surface area contributed by atoms with Crippen molar-refractivity contribution in [3.8, 4) is 6.07 Å². The van der Waals surface area contributed by atoms with Crippen LogP contribution in [0.3, 0.4) is 0 Å². The molecule has 2 rings (SSSR count). The summed E-state index contributed by atoms with van der Waals surface area (Å²) in [6.45, 7) is 2.89. The van der Waals surface area contributed by atoms with Crippen LogP contribution < -0.4 is 5.32 Å². The third-order valence-corrected chi connectivity index (χ3v) is 3.01. The molecule has 0 fully saturated rings. The summed E-state index contributed by atoms with van der Waals surface area (Å²) in [7, 11) is 1.89. The molecule has 0 aliphatic rings. The Morgan fingerprint density at radius 2 is 2.11 bits per heavy atom. The van der Waals surface area contributed by atoms with E-state index in [2.05, 4.69) is 42.6 Å². The summed E-state index contributed by atoms with van der Waals surface area (Å²) in [6, 6.07) is 12.5. The second kappa shape index (κ2) is 5.42. The van der Waals surface area contributed by atoms with E-state index < -0.39 is 0 Å². The molecule has 0 spiro atoms. The van der Waals surface area contributed by atoms with Crippen LogP contribution in [-0.2, 0) is 20.0 Å². The molecule has 0 amide bonds. The summed E-state index contributed by atoms with van der Waals surface area (Å²) in [5.41, 5.74) is 4.26. The van der Waals surface area contributed by atoms with Crippen LogP contribution in [0.25, 0.3) is 0 Å². The van der Waals surface area contributed by atoms with Crippen LogP contribution in [0, 0.1) is 11.3 Å². The van der Waals surface area contributed by atoms with E-state index in [-0.39, 0.29) is 0 Å². The third-order valence-electron chi connectivity index (χ3n) is 3.01. The van der Waals surface area contributed by atoms with Crippen LogP contribution in [-0.4, -0.2) is 4.57 Å². The zero-order chi connectivity index (χ0) is 13.0. The molecular formula is C15H17N3. The fourth-order valence-corrected chi connectivity index (χ4v) is 1.95. The molecule has 2 aromatic rings. The number of anilines is 1. The third kappa shape index (κ3) is 2.72. The summed E-state index contributed by atoms with van der Waals surface area (Å²) in [5.74, 6) is 0. The fraction of sp³-hybridized carbons (Fsp3) is 0.267. The van der Waals surface area contributed by atoms with Crippen molar-refractivity contribution in [3.63, 3.8) is 0 Å². The monoisotopic (exact) mass is 239 g/mol. The van der Waals surface area contributed by atoms with Gasteiger partial charge in [-0.1, -0.05) is 19.1 Å². The van der Waals surface area contributed by atoms with Crippen LogP contribution in [0.4, 0.5) is 5.69 Å². The Labute approximate surface area is 108 Å². The van der Waals surface area contributed by atoms with E-state index in [1.54, 1.807) is 0 Å². The second-order valence-corrected chi connectivity index (χ2v) is 4.36. The first-order valence-corrected chi connectivity index (χ1v) is 6.11. The quantitative estimate of drug-likeness (QED) is 0.890. The Balaban J connectivity index is 2.04. The van der Waals surface area contributed by atoms with Gasteiger partial charge in [-0.05, 0) is 35.7 Å². The van der Waals surface area contributed by atoms with Gasteiger partial charge in [-0.15, -0.1) is 0 Å². The van der Waals surface area contributed by atoms with E-state index in [9.17, 15) is 0 Å². The molecule has 0 aliphatic heterocycles. The Morgan fingerprint density at radius 1 is 1.28 bits per heavy atom. The Bertz CT molecular complexity index is 576. The lowest BCUT2D eigenvalue weighted by Crippen LogP contribution is -1.98. The van der Waals surface area contributed by atoms with Crippen molar-refractivity contribution in [1.82, 2.24) is 4.57 Å². The normalized spacial score (nSPS) is 10.1. The molecular weight excluding hydrogens is 222 g/mol. The van der Waals surface area contributed by atoms with Crippen LogP contribution in [0.1, 0.15) is 23.7 Å². The van der Waals surface area contributed by atoms with Gasteiger partial charge in [0.05, 0.1) is 0 Å². The molecule has 1 aromatic carbocycles. The van der Waals surface area contributed by atoms with E-state index in [4.69, 9.17) is 5.26 Å². The molecule has 0 unspecified atom stereocenters. The van der Waals surface area contributed by atoms with Crippen molar-refractivity contribution in [2.75, 3.05) is 5.32 Å². The van der Waals surface area contributed by atoms with Crippen molar-refractivity contribution in [3.05, 3.63) is 53.3 Å². The van der Waals surface area contributed by atoms with Gasteiger partial charge in [0, 0.05) is 25.5 Å². The van der Waals surface area contributed by atoms with E-state index >= 15 is 0 Å². The highest BCUT2D eigenvalue weighted by Crippen LogP contribution is 2.13. The van der Waals surface area contributed by atoms with Crippen molar-refractivity contribution in [1.29, 1.82) is 5.26 Å². The van der Waals surface area contributed by atoms with Crippen molar-refractivity contribution >= 4 is 5.69 Å². The lowest BCUT2D eigenvalue weighted by Gasteiger charge is -2.06. The summed E-state index contributed by atoms with van der Waals surface area (Å²) < 4.78 is 1.85. The molecule has 0 atom stereocenters. The Hall–Kier alpha value is -2.21. The van der Waals surface area contributed by atoms with Crippen LogP contribution in [0.15, 0.2) is 36.5 Å². The molecule has 3 nitrogen and oxygen atoms in total. The number of hydrogen-bond acceptors (Lipinski definition) is 2. The summed E-state index contributed by atoms with van der Waals surface area (Å²) in [6.07, 6.45) is 3.02. The second-order valence-electron chi connectivity index (χ2n) is 4.36. The van der Waals surface area contributed by atoms with Gasteiger partial charge >= 0.3 is 0 Å². The Kier molecular flexibility index (Phi) is 3.69. The number of hydrogen-bond donors (Lipinski definition) is 1. The van der Waals surface area contributed by atoms with Crippen molar-refractivity contribution in [2.45, 2.75) is 19.9 Å². The maximum absolute atomic E-state index is 8.89. The zero-order valence-electron chi connectivity index (χ0n) is 10.8. The van der Waals surface area contributed by atoms with Crippen LogP contribution >= 0.6 is 0 Å². The van der Waals surface area contributed by atoms with Gasteiger partial charge in [0.25, 0.3) is 0 Å². The maximum Gasteiger partial charge on any atom is 0.120 e. The lowest BCUT2D eigenvalue weighted by molar-refractivity contribution is 0.902. The van der Waals surface area contributed by atoms with Crippen LogP contribution in [0.5, 0.6) is 0 Å². The summed E-state index contributed by atoms with van der Waals surface area (Å²) in [4.78, 5) is 0. The number of aromatic nitrogens is 1. The fourth-order valence-electron chi connectivity index (χ4n) is 1.95. The minimum absolute atomic E-state index is 0.689. The maximum atomic E-state index is 8.89. The molecule has 0 radical (unpaired) electrons. The first-order chi connectivity index (χ1) is 8.72. The minimum atomic E-state index is 0.689. The van der Waals surface area contributed by atoms with Crippen molar-refractivity contribution in [2.24, 2.45) is 7.05 Å². The lowest BCUT2D eigenvalue weighted by atomic mass is 10.1. The zero-order valence-corrected chi connectivity index (χ0v) is 10.8. The van der Waals surface area contributed by atoms with Gasteiger partial charge in [-0.3, -0.25) is 0 Å². The smallest absolute Gasteiger partial charge is 0.120 e. The Morgan fingerprint density at radius 3 is 2.78 bits per heavy atom. The highest BCUT2D eigenvalue weighted by atomic mass is 14.9. The molecule has 0 aliphatic carbocycles. The SMILES string of the molecule is CCc1cccc(NCc2cc(C#N)n(C)c2)c1. The molecule has 0 saturated heterocycles. The molecule has 1 heterocycles. The van der Waals surface area contributed by atoms with Gasteiger partial charge < -0.3 is 9.88 Å². The summed E-state index contributed by atoms with van der Waals surface area (Å²) in [5, 5.41) is 12.3. The van der Waals surface area contributed by atoms with E-state index in [1.807, 2.05) is 23.9 Å². The van der Waals surface area contributed by atoms with Gasteiger partial charge in [-0.2, -0.15) is 5.26 Å². The molecule has 92 valence electrons. The topological polar surface area (TPSA) is 40.8 Å². The number of aryl methyl sites for hydroxylation is 2. The van der Waals surface area contributed by atoms with Gasteiger partial charge in [0.15, 0.2) is 0 Å². The first kappa shape index (κ1) is 12.3. The average molecular weight is 239 g/mol. The number of nitriles is 1. The standard InChI is InChI=1S/C15H17N3/c1-3-12-5-4-6-14(7-12)17-10-13-8-15(9-16)18(2)11-13/h4-8,11,17H,3,10H2,1-2H3. The highest BCUT2D eigenvalue weighted by Gasteiger charge is 2.02. The van der Waals surface area contributed by atoms with Gasteiger partial charge in [0.1, 0.15) is 11.8 Å². The minimum Gasteiger partial charge on any atom is -0.381 e. The molecule has 1 N–H and O–H groups in total. The first-order valence-electron chi connectivity index (χ1n) is 6.11.